The van der Waals surface area contributed by atoms with Gasteiger partial charge in [-0.25, -0.2) is 18.7 Å². The molecule has 2 aliphatic rings. The van der Waals surface area contributed by atoms with Gasteiger partial charge in [-0.3, -0.25) is 4.79 Å². The predicted molar refractivity (Wildman–Crippen MR) is 119 cm³/mol. The molecule has 1 fully saturated rings. The number of nitrogens with zero attached hydrogens (tertiary/aromatic N) is 6. The van der Waals surface area contributed by atoms with Gasteiger partial charge in [-0.1, -0.05) is 12.1 Å². The zero-order chi connectivity index (χ0) is 24.2. The Morgan fingerprint density at radius 2 is 1.88 bits per heavy atom. The number of aromatic nitrogens is 5. The number of amides is 1. The van der Waals surface area contributed by atoms with Crippen molar-refractivity contribution >= 4 is 11.5 Å². The van der Waals surface area contributed by atoms with Gasteiger partial charge < -0.3 is 10.0 Å². The second-order valence-corrected chi connectivity index (χ2v) is 9.34. The average Bonchev–Trinajstić information content (AvgIpc) is 3.50. The standard InChI is InChI=1S/C24H24F2N6O2/c1-13-20(26)21(24(2,3)34)30-22(29-13)14-9-15-11-31(12-16(15)10-14)23(33)19-17(25)5-4-6-18(19)32-27-7-8-28-32/h4-9,15-16,34H,10-12H2,1-3H3. The second kappa shape index (κ2) is 8.05. The smallest absolute Gasteiger partial charge is 0.259 e. The van der Waals surface area contributed by atoms with Crippen LogP contribution >= 0.6 is 0 Å². The SMILES string of the molecule is Cc1nc(C2=CC3CN(C(=O)c4c(F)cccc4-n4nccn4)CC3C2)nc(C(C)(C)O)c1F. The second-order valence-electron chi connectivity index (χ2n) is 9.34. The predicted octanol–water partition coefficient (Wildman–Crippen LogP) is 3.05. The van der Waals surface area contributed by atoms with Crippen molar-refractivity contribution in [2.45, 2.75) is 32.8 Å². The van der Waals surface area contributed by atoms with Crippen LogP contribution in [-0.2, 0) is 5.60 Å². The van der Waals surface area contributed by atoms with Crippen LogP contribution in [0.15, 0.2) is 36.7 Å². The van der Waals surface area contributed by atoms with Crippen molar-refractivity contribution in [2.75, 3.05) is 13.1 Å². The lowest BCUT2D eigenvalue weighted by Gasteiger charge is -2.20. The first-order valence-electron chi connectivity index (χ1n) is 11.1. The summed E-state index contributed by atoms with van der Waals surface area (Å²) in [5.41, 5.74) is -0.206. The minimum atomic E-state index is -1.44. The van der Waals surface area contributed by atoms with Crippen LogP contribution in [0.5, 0.6) is 0 Å². The van der Waals surface area contributed by atoms with E-state index in [1.165, 1.54) is 43.2 Å². The zero-order valence-corrected chi connectivity index (χ0v) is 19.0. The Kier molecular flexibility index (Phi) is 5.27. The molecule has 5 rings (SSSR count). The van der Waals surface area contributed by atoms with E-state index >= 15 is 0 Å². The first-order valence-corrected chi connectivity index (χ1v) is 11.1. The molecule has 34 heavy (non-hydrogen) atoms. The van der Waals surface area contributed by atoms with Gasteiger partial charge in [0.1, 0.15) is 28.4 Å². The van der Waals surface area contributed by atoms with Crippen LogP contribution in [0, 0.1) is 30.4 Å². The van der Waals surface area contributed by atoms with Crippen LogP contribution in [0.4, 0.5) is 8.78 Å². The Balaban J connectivity index is 1.40. The molecule has 1 aliphatic carbocycles. The van der Waals surface area contributed by atoms with Gasteiger partial charge in [-0.15, -0.1) is 0 Å². The average molecular weight is 466 g/mol. The van der Waals surface area contributed by atoms with Crippen molar-refractivity contribution < 1.29 is 18.7 Å². The highest BCUT2D eigenvalue weighted by Crippen LogP contribution is 2.41. The summed E-state index contributed by atoms with van der Waals surface area (Å²) in [5, 5.41) is 18.4. The number of hydrogen-bond acceptors (Lipinski definition) is 6. The molecule has 1 saturated heterocycles. The number of fused-ring (bicyclic) bond motifs is 1. The van der Waals surface area contributed by atoms with Crippen molar-refractivity contribution in [1.29, 1.82) is 0 Å². The third kappa shape index (κ3) is 3.77. The summed E-state index contributed by atoms with van der Waals surface area (Å²) in [6, 6.07) is 4.38. The number of carbonyl (C=O) groups excluding carboxylic acids is 1. The molecule has 2 unspecified atom stereocenters. The van der Waals surface area contributed by atoms with Crippen LogP contribution in [0.3, 0.4) is 0 Å². The van der Waals surface area contributed by atoms with E-state index in [4.69, 9.17) is 0 Å². The highest BCUT2D eigenvalue weighted by atomic mass is 19.1. The number of allylic oxidation sites excluding steroid dienone is 1. The molecule has 8 nitrogen and oxygen atoms in total. The van der Waals surface area contributed by atoms with Crippen LogP contribution in [-0.4, -0.2) is 54.0 Å². The Labute approximate surface area is 195 Å². The van der Waals surface area contributed by atoms with E-state index in [1.807, 2.05) is 6.08 Å². The van der Waals surface area contributed by atoms with Gasteiger partial charge in [0.05, 0.1) is 18.1 Å². The topological polar surface area (TPSA) is 97.0 Å². The molecule has 3 heterocycles. The Hall–Kier alpha value is -3.53. The molecule has 1 N–H and O–H groups in total. The fourth-order valence-electron chi connectivity index (χ4n) is 4.74. The molecule has 1 aromatic carbocycles. The number of halogens is 2. The summed E-state index contributed by atoms with van der Waals surface area (Å²) in [6.07, 6.45) is 5.55. The van der Waals surface area contributed by atoms with E-state index < -0.39 is 23.1 Å². The lowest BCUT2D eigenvalue weighted by molar-refractivity contribution is 0.0688. The number of carbonyl (C=O) groups is 1. The van der Waals surface area contributed by atoms with Crippen molar-refractivity contribution in [3.8, 4) is 5.69 Å². The molecular formula is C24H24F2N6O2. The van der Waals surface area contributed by atoms with E-state index in [-0.39, 0.29) is 34.5 Å². The molecule has 1 amide bonds. The van der Waals surface area contributed by atoms with Crippen LogP contribution < -0.4 is 0 Å². The summed E-state index contributed by atoms with van der Waals surface area (Å²) < 4.78 is 29.2. The van der Waals surface area contributed by atoms with Gasteiger partial charge >= 0.3 is 0 Å². The van der Waals surface area contributed by atoms with E-state index in [9.17, 15) is 18.7 Å². The summed E-state index contributed by atoms with van der Waals surface area (Å²) in [4.78, 5) is 24.8. The van der Waals surface area contributed by atoms with Crippen LogP contribution in [0.1, 0.15) is 47.8 Å². The summed E-state index contributed by atoms with van der Waals surface area (Å²) in [7, 11) is 0. The first-order chi connectivity index (χ1) is 16.1. The third-order valence-corrected chi connectivity index (χ3v) is 6.40. The number of likely N-dealkylation sites (tertiary alicyclic amines) is 1. The largest absolute Gasteiger partial charge is 0.384 e. The third-order valence-electron chi connectivity index (χ3n) is 6.40. The van der Waals surface area contributed by atoms with Crippen molar-refractivity contribution in [3.05, 3.63) is 71.1 Å². The molecular weight excluding hydrogens is 442 g/mol. The molecule has 1 aliphatic heterocycles. The van der Waals surface area contributed by atoms with E-state index in [0.29, 0.717) is 25.3 Å². The highest BCUT2D eigenvalue weighted by Gasteiger charge is 2.40. The maximum absolute atomic E-state index is 14.7. The number of benzene rings is 1. The Morgan fingerprint density at radius 3 is 2.56 bits per heavy atom. The Morgan fingerprint density at radius 1 is 1.15 bits per heavy atom. The maximum Gasteiger partial charge on any atom is 0.259 e. The minimum absolute atomic E-state index is 0.0379. The molecule has 2 atom stereocenters. The molecule has 0 saturated carbocycles. The minimum Gasteiger partial charge on any atom is -0.384 e. The molecule has 0 spiro atoms. The maximum atomic E-state index is 14.7. The molecule has 0 bridgehead atoms. The van der Waals surface area contributed by atoms with Crippen LogP contribution in [0.2, 0.25) is 0 Å². The summed E-state index contributed by atoms with van der Waals surface area (Å²) in [5.74, 6) is -1.08. The van der Waals surface area contributed by atoms with E-state index in [0.717, 1.165) is 5.57 Å². The lowest BCUT2D eigenvalue weighted by atomic mass is 9.99. The van der Waals surface area contributed by atoms with Crippen molar-refractivity contribution in [1.82, 2.24) is 29.9 Å². The quantitative estimate of drug-likeness (QED) is 0.635. The summed E-state index contributed by atoms with van der Waals surface area (Å²) >= 11 is 0. The zero-order valence-electron chi connectivity index (χ0n) is 19.0. The number of rotatable bonds is 4. The molecule has 176 valence electrons. The van der Waals surface area contributed by atoms with E-state index in [2.05, 4.69) is 20.2 Å². The lowest BCUT2D eigenvalue weighted by Crippen LogP contribution is -2.31. The van der Waals surface area contributed by atoms with Crippen LogP contribution in [0.25, 0.3) is 11.3 Å². The van der Waals surface area contributed by atoms with Gasteiger partial charge in [-0.05, 0) is 56.7 Å². The highest BCUT2D eigenvalue weighted by molar-refractivity contribution is 5.98. The normalized spacial score (nSPS) is 19.9. The summed E-state index contributed by atoms with van der Waals surface area (Å²) in [6.45, 7) is 5.39. The Bertz CT molecular complexity index is 1300. The van der Waals surface area contributed by atoms with Gasteiger partial charge in [0.2, 0.25) is 0 Å². The molecule has 2 aromatic heterocycles. The number of aryl methyl sites for hydroxylation is 1. The molecule has 10 heteroatoms. The molecule has 0 radical (unpaired) electrons. The monoisotopic (exact) mass is 466 g/mol. The number of aliphatic hydroxyl groups is 1. The number of hydrogen-bond donors (Lipinski definition) is 1. The van der Waals surface area contributed by atoms with Crippen molar-refractivity contribution in [3.63, 3.8) is 0 Å². The first kappa shape index (κ1) is 22.3. The van der Waals surface area contributed by atoms with Gasteiger partial charge in [0, 0.05) is 13.1 Å². The van der Waals surface area contributed by atoms with Gasteiger partial charge in [0.15, 0.2) is 11.6 Å². The van der Waals surface area contributed by atoms with Gasteiger partial charge in [0.25, 0.3) is 5.91 Å². The van der Waals surface area contributed by atoms with Crippen molar-refractivity contribution in [2.24, 2.45) is 11.8 Å². The fraction of sp³-hybridized carbons (Fsp3) is 0.375. The molecule has 3 aromatic rings. The van der Waals surface area contributed by atoms with Gasteiger partial charge in [-0.2, -0.15) is 15.0 Å². The van der Waals surface area contributed by atoms with E-state index in [1.54, 1.807) is 17.9 Å². The fourth-order valence-corrected chi connectivity index (χ4v) is 4.74.